The lowest BCUT2D eigenvalue weighted by atomic mass is 9.77. The van der Waals surface area contributed by atoms with Crippen molar-refractivity contribution in [1.29, 1.82) is 0 Å². The second kappa shape index (κ2) is 10.4. The minimum absolute atomic E-state index is 0.0436. The molecule has 0 aliphatic carbocycles. The molecule has 0 atom stereocenters. The lowest BCUT2D eigenvalue weighted by Gasteiger charge is -2.39. The van der Waals surface area contributed by atoms with Gasteiger partial charge in [0, 0.05) is 42.3 Å². The normalized spacial score (nSPS) is 17.8. The number of piperidine rings is 1. The van der Waals surface area contributed by atoms with Crippen molar-refractivity contribution >= 4 is 17.5 Å². The van der Waals surface area contributed by atoms with Crippen LogP contribution in [-0.4, -0.2) is 41.9 Å². The number of benzene rings is 3. The van der Waals surface area contributed by atoms with Crippen LogP contribution in [0, 0.1) is 5.41 Å². The zero-order valence-electron chi connectivity index (χ0n) is 20.3. The van der Waals surface area contributed by atoms with Gasteiger partial charge in [-0.1, -0.05) is 35.9 Å². The third-order valence-electron chi connectivity index (χ3n) is 7.48. The summed E-state index contributed by atoms with van der Waals surface area (Å²) in [7, 11) is 0. The van der Waals surface area contributed by atoms with Crippen LogP contribution in [0.25, 0.3) is 0 Å². The topological polar surface area (TPSA) is 32.8 Å². The largest absolute Gasteiger partial charge is 0.457 e. The van der Waals surface area contributed by atoms with Crippen molar-refractivity contribution in [2.24, 2.45) is 5.41 Å². The highest BCUT2D eigenvalue weighted by atomic mass is 35.5. The second-order valence-electron chi connectivity index (χ2n) is 10.00. The highest BCUT2D eigenvalue weighted by Gasteiger charge is 2.41. The Morgan fingerprint density at radius 1 is 0.919 bits per heavy atom. The fourth-order valence-corrected chi connectivity index (χ4v) is 5.49. The Labute approximate surface area is 219 Å². The molecule has 1 spiro atoms. The van der Waals surface area contributed by atoms with Gasteiger partial charge < -0.3 is 9.64 Å². The number of carbonyl (C=O) groups excluding carboxylic acids is 1. The summed E-state index contributed by atoms with van der Waals surface area (Å²) >= 11 is 5.95. The van der Waals surface area contributed by atoms with Gasteiger partial charge in [0.05, 0.1) is 5.56 Å². The minimum atomic E-state index is -4.42. The molecule has 3 aromatic carbocycles. The van der Waals surface area contributed by atoms with E-state index in [4.69, 9.17) is 16.3 Å². The molecule has 37 heavy (non-hydrogen) atoms. The average Bonchev–Trinajstić information content (AvgIpc) is 3.27. The van der Waals surface area contributed by atoms with Gasteiger partial charge in [0.2, 0.25) is 0 Å². The van der Waals surface area contributed by atoms with Gasteiger partial charge in [0.15, 0.2) is 0 Å². The van der Waals surface area contributed by atoms with E-state index in [1.165, 1.54) is 12.1 Å². The third kappa shape index (κ3) is 5.94. The molecule has 5 rings (SSSR count). The summed E-state index contributed by atoms with van der Waals surface area (Å²) < 4.78 is 45.2. The van der Waals surface area contributed by atoms with E-state index in [2.05, 4.69) is 4.90 Å². The Kier molecular flexibility index (Phi) is 7.19. The van der Waals surface area contributed by atoms with E-state index in [1.54, 1.807) is 30.3 Å². The van der Waals surface area contributed by atoms with Crippen molar-refractivity contribution in [3.63, 3.8) is 0 Å². The first-order valence-electron chi connectivity index (χ1n) is 12.4. The highest BCUT2D eigenvalue weighted by molar-refractivity contribution is 6.30. The van der Waals surface area contributed by atoms with Crippen molar-refractivity contribution in [3.8, 4) is 11.5 Å². The van der Waals surface area contributed by atoms with Crippen molar-refractivity contribution in [2.45, 2.75) is 32.0 Å². The van der Waals surface area contributed by atoms with E-state index >= 15 is 0 Å². The Morgan fingerprint density at radius 3 is 2.35 bits per heavy atom. The number of hydrogen-bond donors (Lipinski definition) is 0. The van der Waals surface area contributed by atoms with Crippen molar-refractivity contribution in [2.75, 3.05) is 26.2 Å². The van der Waals surface area contributed by atoms with Crippen LogP contribution in [0.1, 0.15) is 40.7 Å². The number of para-hydroxylation sites is 1. The monoisotopic (exact) mass is 528 g/mol. The van der Waals surface area contributed by atoms with Crippen LogP contribution < -0.4 is 4.74 Å². The van der Waals surface area contributed by atoms with Crippen LogP contribution in [0.4, 0.5) is 13.2 Å². The van der Waals surface area contributed by atoms with E-state index in [9.17, 15) is 18.0 Å². The molecule has 0 bridgehead atoms. The molecule has 0 aromatic heterocycles. The summed E-state index contributed by atoms with van der Waals surface area (Å²) in [6.45, 7) is 3.97. The van der Waals surface area contributed by atoms with Gasteiger partial charge in [-0.2, -0.15) is 13.2 Å². The predicted octanol–water partition coefficient (Wildman–Crippen LogP) is 7.28. The zero-order valence-corrected chi connectivity index (χ0v) is 21.1. The molecule has 8 heteroatoms. The summed E-state index contributed by atoms with van der Waals surface area (Å²) in [5.74, 6) is 0.770. The SMILES string of the molecule is O=C(c1ccc(Cl)cc1)N1CCC2(CCN(Cc3ccccc3Oc3cccc(C(F)(F)F)c3)C2)CC1. The van der Waals surface area contributed by atoms with E-state index < -0.39 is 11.7 Å². The molecule has 194 valence electrons. The first-order chi connectivity index (χ1) is 17.7. The van der Waals surface area contributed by atoms with E-state index in [1.807, 2.05) is 23.1 Å². The molecule has 2 fully saturated rings. The Bertz CT molecular complexity index is 1250. The van der Waals surface area contributed by atoms with Crippen molar-refractivity contribution in [3.05, 3.63) is 94.5 Å². The van der Waals surface area contributed by atoms with Gasteiger partial charge in [-0.15, -0.1) is 0 Å². The summed E-state index contributed by atoms with van der Waals surface area (Å²) in [5.41, 5.74) is 1.04. The molecule has 3 aromatic rings. The molecule has 0 radical (unpaired) electrons. The predicted molar refractivity (Wildman–Crippen MR) is 137 cm³/mol. The number of ether oxygens (including phenoxy) is 1. The number of nitrogens with zero attached hydrogens (tertiary/aromatic N) is 2. The molecule has 0 unspecified atom stereocenters. The maximum absolute atomic E-state index is 13.1. The molecule has 4 nitrogen and oxygen atoms in total. The van der Waals surface area contributed by atoms with Gasteiger partial charge in [-0.25, -0.2) is 0 Å². The number of amides is 1. The smallest absolute Gasteiger partial charge is 0.416 e. The van der Waals surface area contributed by atoms with Gasteiger partial charge in [0.1, 0.15) is 11.5 Å². The third-order valence-corrected chi connectivity index (χ3v) is 7.73. The Balaban J connectivity index is 1.20. The van der Waals surface area contributed by atoms with E-state index in [0.29, 0.717) is 22.9 Å². The minimum Gasteiger partial charge on any atom is -0.457 e. The number of likely N-dealkylation sites (tertiary alicyclic amines) is 2. The first-order valence-corrected chi connectivity index (χ1v) is 12.8. The number of carbonyl (C=O) groups is 1. The number of halogens is 4. The average molecular weight is 529 g/mol. The van der Waals surface area contributed by atoms with Crippen molar-refractivity contribution in [1.82, 2.24) is 9.80 Å². The van der Waals surface area contributed by atoms with Crippen LogP contribution in [0.3, 0.4) is 0 Å². The Hall–Kier alpha value is -3.03. The molecule has 2 aliphatic heterocycles. The molecule has 2 aliphatic rings. The molecular weight excluding hydrogens is 501 g/mol. The maximum atomic E-state index is 13.1. The van der Waals surface area contributed by atoms with Gasteiger partial charge in [-0.3, -0.25) is 9.69 Å². The van der Waals surface area contributed by atoms with Crippen LogP contribution in [0.2, 0.25) is 5.02 Å². The fourth-order valence-electron chi connectivity index (χ4n) is 5.37. The summed E-state index contributed by atoms with van der Waals surface area (Å²) in [5, 5.41) is 0.613. The van der Waals surface area contributed by atoms with Crippen LogP contribution in [0.15, 0.2) is 72.8 Å². The Morgan fingerprint density at radius 2 is 1.62 bits per heavy atom. The molecule has 0 saturated carbocycles. The summed E-state index contributed by atoms with van der Waals surface area (Å²) in [4.78, 5) is 17.2. The highest BCUT2D eigenvalue weighted by Crippen LogP contribution is 2.42. The lowest BCUT2D eigenvalue weighted by molar-refractivity contribution is -0.137. The summed E-state index contributed by atoms with van der Waals surface area (Å²) in [6.07, 6.45) is -1.46. The van der Waals surface area contributed by atoms with Crippen molar-refractivity contribution < 1.29 is 22.7 Å². The number of alkyl halides is 3. The molecule has 1 amide bonds. The molecule has 2 saturated heterocycles. The number of rotatable bonds is 5. The quantitative estimate of drug-likeness (QED) is 0.349. The fraction of sp³-hybridized carbons (Fsp3) is 0.345. The zero-order chi connectivity index (χ0) is 26.0. The standard InChI is InChI=1S/C29H28ClF3N2O2/c30-24-10-8-21(9-11-24)27(36)35-16-13-28(14-17-35)12-15-34(20-28)19-22-4-1-2-7-26(22)37-25-6-3-5-23(18-25)29(31,32)33/h1-11,18H,12-17,19-20H2. The van der Waals surface area contributed by atoms with Crippen LogP contribution in [-0.2, 0) is 12.7 Å². The van der Waals surface area contributed by atoms with Gasteiger partial charge in [0.25, 0.3) is 5.91 Å². The molecular formula is C29H28ClF3N2O2. The van der Waals surface area contributed by atoms with Gasteiger partial charge in [-0.05, 0) is 79.8 Å². The first kappa shape index (κ1) is 25.6. The molecule has 0 N–H and O–H groups in total. The lowest BCUT2D eigenvalue weighted by Crippen LogP contribution is -2.44. The van der Waals surface area contributed by atoms with Crippen LogP contribution in [0.5, 0.6) is 11.5 Å². The number of hydrogen-bond acceptors (Lipinski definition) is 3. The summed E-state index contributed by atoms with van der Waals surface area (Å²) in [6, 6.07) is 19.5. The van der Waals surface area contributed by atoms with E-state index in [-0.39, 0.29) is 17.1 Å². The van der Waals surface area contributed by atoms with E-state index in [0.717, 1.165) is 63.1 Å². The van der Waals surface area contributed by atoms with Gasteiger partial charge >= 0.3 is 6.18 Å². The van der Waals surface area contributed by atoms with Crippen LogP contribution >= 0.6 is 11.6 Å². The maximum Gasteiger partial charge on any atom is 0.416 e. The second-order valence-corrected chi connectivity index (χ2v) is 10.4. The molecule has 2 heterocycles.